The highest BCUT2D eigenvalue weighted by Crippen LogP contribution is 2.63. The molecule has 0 spiro atoms. The second-order valence-electron chi connectivity index (χ2n) is 21.2. The number of ether oxygens (including phenoxy) is 3. The van der Waals surface area contributed by atoms with Crippen molar-refractivity contribution in [3.05, 3.63) is 11.6 Å². The lowest BCUT2D eigenvalue weighted by molar-refractivity contribution is -0.706. The fraction of sp³-hybridized carbons (Fsp3) is 0.913. The molecule has 5 saturated heterocycles. The Morgan fingerprint density at radius 3 is 2.41 bits per heavy atom. The predicted molar refractivity (Wildman–Crippen MR) is 217 cm³/mol. The molecule has 0 aromatic rings. The van der Waals surface area contributed by atoms with Crippen LogP contribution in [0.2, 0.25) is 0 Å². The van der Waals surface area contributed by atoms with E-state index in [9.17, 15) is 30.0 Å². The number of allylic oxidation sites excluding steroid dienone is 1. The van der Waals surface area contributed by atoms with Crippen molar-refractivity contribution in [2.75, 3.05) is 26.3 Å². The maximum absolute atomic E-state index is 14.4. The Morgan fingerprint density at radius 2 is 1.64 bits per heavy atom. The molecule has 0 aromatic heterocycles. The molecular formula is C46H75N4O9+. The van der Waals surface area contributed by atoms with Crippen molar-refractivity contribution < 1.29 is 49.5 Å². The first-order chi connectivity index (χ1) is 28.4. The van der Waals surface area contributed by atoms with Gasteiger partial charge in [0, 0.05) is 42.8 Å². The Hall–Kier alpha value is -1.52. The van der Waals surface area contributed by atoms with E-state index in [1.165, 1.54) is 0 Å². The second kappa shape index (κ2) is 16.9. The van der Waals surface area contributed by atoms with E-state index in [2.05, 4.69) is 17.6 Å². The van der Waals surface area contributed by atoms with Gasteiger partial charge in [-0.2, -0.15) is 0 Å². The highest BCUT2D eigenvalue weighted by Gasteiger charge is 2.68. The molecule has 4 bridgehead atoms. The Bertz CT molecular complexity index is 1580. The van der Waals surface area contributed by atoms with Crippen LogP contribution in [-0.4, -0.2) is 113 Å². The van der Waals surface area contributed by atoms with Crippen LogP contribution in [0.3, 0.4) is 0 Å². The number of quaternary nitrogens is 1. The molecule has 0 amide bonds. The van der Waals surface area contributed by atoms with Crippen LogP contribution in [0.1, 0.15) is 97.8 Å². The minimum Gasteiger partial charge on any atom is -0.456 e. The van der Waals surface area contributed by atoms with Crippen molar-refractivity contribution in [1.29, 1.82) is 0 Å². The summed E-state index contributed by atoms with van der Waals surface area (Å²) in [4.78, 5) is 28.4. The molecule has 13 nitrogen and oxygen atoms in total. The molecule has 4 saturated carbocycles. The van der Waals surface area contributed by atoms with Gasteiger partial charge in [0.25, 0.3) is 0 Å². The van der Waals surface area contributed by atoms with E-state index in [0.717, 1.165) is 70.9 Å². The Balaban J connectivity index is 1.29. The van der Waals surface area contributed by atoms with E-state index in [0.29, 0.717) is 36.2 Å². The summed E-state index contributed by atoms with van der Waals surface area (Å²) in [5.41, 5.74) is 13.6. The molecule has 9 aliphatic rings. The minimum absolute atomic E-state index is 0.00538. The van der Waals surface area contributed by atoms with Crippen LogP contribution in [0.25, 0.3) is 0 Å². The molecule has 18 unspecified atom stereocenters. The molecule has 13 heteroatoms. The van der Waals surface area contributed by atoms with Crippen molar-refractivity contribution in [3.8, 4) is 0 Å². The molecule has 9 fully saturated rings. The van der Waals surface area contributed by atoms with Crippen LogP contribution < -0.4 is 22.1 Å². The molecule has 9 rings (SSSR count). The average molecular weight is 828 g/mol. The number of hydrogen-bond donors (Lipinski definition) is 8. The first-order valence-electron chi connectivity index (χ1n) is 23.7. The van der Waals surface area contributed by atoms with Gasteiger partial charge in [0.2, 0.25) is 0 Å². The fourth-order valence-electron chi connectivity index (χ4n) is 16.0. The summed E-state index contributed by atoms with van der Waals surface area (Å²) in [5, 5.41) is 52.5. The van der Waals surface area contributed by atoms with E-state index in [-0.39, 0.29) is 85.1 Å². The first-order valence-corrected chi connectivity index (χ1v) is 23.7. The average Bonchev–Trinajstić information content (AvgIpc) is 3.37. The van der Waals surface area contributed by atoms with Crippen LogP contribution in [0.15, 0.2) is 11.6 Å². The van der Waals surface area contributed by atoms with Gasteiger partial charge in [0.05, 0.1) is 55.8 Å². The van der Waals surface area contributed by atoms with Crippen molar-refractivity contribution in [2.45, 2.75) is 152 Å². The molecule has 0 radical (unpaired) electrons. The summed E-state index contributed by atoms with van der Waals surface area (Å²) in [6.07, 6.45) is 6.60. The monoisotopic (exact) mass is 828 g/mol. The van der Waals surface area contributed by atoms with Crippen LogP contribution in [0, 0.1) is 82.9 Å². The molecule has 59 heavy (non-hydrogen) atoms. The van der Waals surface area contributed by atoms with Crippen LogP contribution in [0.5, 0.6) is 0 Å². The molecular weight excluding hydrogens is 753 g/mol. The number of aliphatic hydroxyl groups is 4. The summed E-state index contributed by atoms with van der Waals surface area (Å²) >= 11 is 0. The van der Waals surface area contributed by atoms with E-state index in [1.54, 1.807) is 13.0 Å². The smallest absolute Gasteiger partial charge is 0.333 e. The maximum Gasteiger partial charge on any atom is 0.333 e. The number of rotatable bonds is 4. The summed E-state index contributed by atoms with van der Waals surface area (Å²) in [6, 6.07) is 0. The van der Waals surface area contributed by atoms with Crippen molar-refractivity contribution in [3.63, 3.8) is 0 Å². The lowest BCUT2D eigenvalue weighted by Gasteiger charge is -2.64. The molecule has 5 heterocycles. The number of Topliss-reactive ketones (excluding diaryl/α,β-unsaturated/α-hetero) is 1. The number of carbonyl (C=O) groups excluding carboxylic acids is 2. The van der Waals surface area contributed by atoms with Gasteiger partial charge in [-0.15, -0.1) is 0 Å². The Morgan fingerprint density at radius 1 is 0.881 bits per heavy atom. The van der Waals surface area contributed by atoms with Crippen LogP contribution >= 0.6 is 0 Å². The highest BCUT2D eigenvalue weighted by molar-refractivity contribution is 5.87. The lowest BCUT2D eigenvalue weighted by atomic mass is 9.49. The quantitative estimate of drug-likeness (QED) is 0.148. The lowest BCUT2D eigenvalue weighted by Crippen LogP contribution is -2.96. The minimum atomic E-state index is -1.11. The SMILES string of the molecule is CC=C(C)C(=O)O[C@H]1CC2C(O)C3C(=O)CC(CO)OC3C3C2O[C@@]1(C)[C@@H]1CC2C[NH2+]C(N)CC2CC[C@H]1C1CCC2CCC(O)CC2[C@@H](CO)C3C2CCNC(N)C21. The zero-order valence-electron chi connectivity index (χ0n) is 35.7. The third kappa shape index (κ3) is 7.31. The van der Waals surface area contributed by atoms with Gasteiger partial charge in [0.1, 0.15) is 23.7 Å². The van der Waals surface area contributed by atoms with E-state index >= 15 is 0 Å². The number of nitrogens with one attached hydrogen (secondary N) is 1. The van der Waals surface area contributed by atoms with Crippen LogP contribution in [-0.2, 0) is 23.8 Å². The summed E-state index contributed by atoms with van der Waals surface area (Å²) in [5.74, 6) is -1.06. The first kappa shape index (κ1) is 42.8. The second-order valence-corrected chi connectivity index (χ2v) is 21.2. The topological polar surface area (TPSA) is 223 Å². The van der Waals surface area contributed by atoms with Crippen molar-refractivity contribution in [2.24, 2.45) is 94.3 Å². The highest BCUT2D eigenvalue weighted by atomic mass is 16.6. The zero-order chi connectivity index (χ0) is 41.5. The number of carbonyl (C=O) groups is 2. The van der Waals surface area contributed by atoms with Gasteiger partial charge in [-0.05, 0) is 151 Å². The summed E-state index contributed by atoms with van der Waals surface area (Å²) in [6.45, 7) is 7.07. The van der Waals surface area contributed by atoms with Crippen LogP contribution in [0.4, 0.5) is 0 Å². The predicted octanol–water partition coefficient (Wildman–Crippen LogP) is 1.19. The fourth-order valence-corrected chi connectivity index (χ4v) is 16.0. The zero-order valence-corrected chi connectivity index (χ0v) is 35.7. The molecule has 5 aliphatic heterocycles. The molecule has 0 aromatic carbocycles. The van der Waals surface area contributed by atoms with Gasteiger partial charge in [-0.1, -0.05) is 6.08 Å². The normalized spacial score (nSPS) is 53.7. The Labute approximate surface area is 350 Å². The van der Waals surface area contributed by atoms with Gasteiger partial charge in [-0.25, -0.2) is 4.79 Å². The van der Waals surface area contributed by atoms with E-state index < -0.39 is 65.9 Å². The third-order valence-electron chi connectivity index (χ3n) is 18.8. The van der Waals surface area contributed by atoms with E-state index in [1.807, 2.05) is 6.92 Å². The largest absolute Gasteiger partial charge is 0.456 e. The maximum atomic E-state index is 14.4. The number of nitrogens with two attached hydrogens (primary N) is 3. The number of ketones is 1. The number of aliphatic hydroxyl groups excluding tert-OH is 4. The standard InChI is InChI=1S/C46H74N4O9/c1-4-21(2)45(56)58-35-17-31-41(55)39-34(54)16-26(19-51)57-43(39)40-37-29-11-12-49-44(48)38(29)28(10-6-22-5-8-25(53)15-30(22)32(37)20-52)27-9-7-23-14-36(47)50-18-24(23)13-33(27)46(35,3)59-42(31)40/h4,22-33,35-44,49-53,55H,5-20,47-48H2,1-3H3/p+1/t22?,23?,24?,25?,26?,27-,28?,29?,30?,31?,32+,33+,35-,36?,37?,38?,39?,40?,41?,42?,43?,44?,46-/m0/s1. The van der Waals surface area contributed by atoms with Crippen molar-refractivity contribution in [1.82, 2.24) is 5.32 Å². The number of piperidine rings is 2. The van der Waals surface area contributed by atoms with Gasteiger partial charge < -0.3 is 51.0 Å². The van der Waals surface area contributed by atoms with E-state index in [4.69, 9.17) is 25.7 Å². The van der Waals surface area contributed by atoms with Crippen molar-refractivity contribution >= 4 is 11.8 Å². The third-order valence-corrected chi connectivity index (χ3v) is 18.8. The Kier molecular flexibility index (Phi) is 12.2. The number of hydrogen-bond acceptors (Lipinski definition) is 12. The number of fused-ring (bicyclic) bond motifs is 9. The van der Waals surface area contributed by atoms with Gasteiger partial charge in [0.15, 0.2) is 0 Å². The van der Waals surface area contributed by atoms with Gasteiger partial charge >= 0.3 is 5.97 Å². The molecule has 4 aliphatic carbocycles. The summed E-state index contributed by atoms with van der Waals surface area (Å²) in [7, 11) is 0. The van der Waals surface area contributed by atoms with Gasteiger partial charge in [-0.3, -0.25) is 10.5 Å². The summed E-state index contributed by atoms with van der Waals surface area (Å²) < 4.78 is 21.5. The molecule has 23 atom stereocenters. The molecule has 11 N–H and O–H groups in total. The number of esters is 1. The molecule has 332 valence electrons.